The molecule has 0 radical (unpaired) electrons. The number of nitrogens with one attached hydrogen (secondary N) is 1. The van der Waals surface area contributed by atoms with Crippen LogP contribution >= 0.6 is 0 Å². The van der Waals surface area contributed by atoms with Gasteiger partial charge in [-0.2, -0.15) is 0 Å². The fourth-order valence-corrected chi connectivity index (χ4v) is 2.39. The molecule has 0 saturated carbocycles. The SMILES string of the molecule is Cc1cccc2[nH]c(OCc3ccccc3)c(C=O)c12. The van der Waals surface area contributed by atoms with E-state index in [0.717, 1.165) is 28.3 Å². The van der Waals surface area contributed by atoms with Crippen molar-refractivity contribution in [3.63, 3.8) is 0 Å². The summed E-state index contributed by atoms with van der Waals surface area (Å²) in [6, 6.07) is 15.8. The molecule has 0 aliphatic rings. The van der Waals surface area contributed by atoms with E-state index in [1.54, 1.807) is 0 Å². The lowest BCUT2D eigenvalue weighted by Gasteiger charge is -2.04. The van der Waals surface area contributed by atoms with Gasteiger partial charge in [-0.05, 0) is 24.1 Å². The number of fused-ring (bicyclic) bond motifs is 1. The molecule has 0 atom stereocenters. The summed E-state index contributed by atoms with van der Waals surface area (Å²) in [6.45, 7) is 2.43. The molecule has 3 nitrogen and oxygen atoms in total. The highest BCUT2D eigenvalue weighted by molar-refractivity contribution is 6.02. The fraction of sp³-hybridized carbons (Fsp3) is 0.118. The molecule has 0 spiro atoms. The molecule has 3 rings (SSSR count). The molecule has 0 bridgehead atoms. The molecule has 1 aromatic heterocycles. The number of benzene rings is 2. The van der Waals surface area contributed by atoms with Gasteiger partial charge < -0.3 is 9.72 Å². The molecule has 0 fully saturated rings. The average Bonchev–Trinajstić information content (AvgIpc) is 2.85. The summed E-state index contributed by atoms with van der Waals surface area (Å²) in [5, 5.41) is 0.936. The smallest absolute Gasteiger partial charge is 0.203 e. The highest BCUT2D eigenvalue weighted by atomic mass is 16.5. The molecular weight excluding hydrogens is 250 g/mol. The molecule has 1 N–H and O–H groups in total. The van der Waals surface area contributed by atoms with Crippen LogP contribution in [0, 0.1) is 6.92 Å². The molecule has 1 heterocycles. The summed E-state index contributed by atoms with van der Waals surface area (Å²) >= 11 is 0. The maximum atomic E-state index is 11.4. The van der Waals surface area contributed by atoms with Gasteiger partial charge in [-0.15, -0.1) is 0 Å². The normalized spacial score (nSPS) is 10.7. The number of aromatic nitrogens is 1. The highest BCUT2D eigenvalue weighted by Gasteiger charge is 2.13. The summed E-state index contributed by atoms with van der Waals surface area (Å²) in [6.07, 6.45) is 0.853. The lowest BCUT2D eigenvalue weighted by atomic mass is 10.1. The molecule has 0 amide bonds. The number of ether oxygens (including phenoxy) is 1. The maximum Gasteiger partial charge on any atom is 0.203 e. The van der Waals surface area contributed by atoms with Crippen LogP contribution in [0.25, 0.3) is 10.9 Å². The first-order chi connectivity index (χ1) is 9.79. The van der Waals surface area contributed by atoms with Gasteiger partial charge in [-0.1, -0.05) is 42.5 Å². The topological polar surface area (TPSA) is 42.1 Å². The predicted molar refractivity (Wildman–Crippen MR) is 79.2 cm³/mol. The number of aldehydes is 1. The van der Waals surface area contributed by atoms with Crippen molar-refractivity contribution in [1.82, 2.24) is 4.98 Å². The Morgan fingerprint density at radius 2 is 1.90 bits per heavy atom. The van der Waals surface area contributed by atoms with Crippen molar-refractivity contribution in [2.24, 2.45) is 0 Å². The third-order valence-corrected chi connectivity index (χ3v) is 3.38. The van der Waals surface area contributed by atoms with E-state index in [9.17, 15) is 4.79 Å². The largest absolute Gasteiger partial charge is 0.474 e. The van der Waals surface area contributed by atoms with E-state index in [4.69, 9.17) is 4.74 Å². The van der Waals surface area contributed by atoms with Gasteiger partial charge in [0.05, 0.1) is 5.56 Å². The number of hydrogen-bond donors (Lipinski definition) is 1. The number of carbonyl (C=O) groups excluding carboxylic acids is 1. The first kappa shape index (κ1) is 12.5. The molecule has 0 unspecified atom stereocenters. The van der Waals surface area contributed by atoms with Crippen LogP contribution in [-0.4, -0.2) is 11.3 Å². The molecule has 0 saturated heterocycles. The zero-order chi connectivity index (χ0) is 13.9. The minimum Gasteiger partial charge on any atom is -0.474 e. The Balaban J connectivity index is 1.95. The van der Waals surface area contributed by atoms with Crippen molar-refractivity contribution in [3.8, 4) is 5.88 Å². The van der Waals surface area contributed by atoms with Gasteiger partial charge in [-0.25, -0.2) is 0 Å². The molecule has 100 valence electrons. The number of hydrogen-bond acceptors (Lipinski definition) is 2. The Morgan fingerprint density at radius 3 is 2.65 bits per heavy atom. The van der Waals surface area contributed by atoms with Crippen LogP contribution in [0.5, 0.6) is 5.88 Å². The summed E-state index contributed by atoms with van der Waals surface area (Å²) in [5.41, 5.74) is 3.65. The Bertz CT molecular complexity index is 744. The fourth-order valence-electron chi connectivity index (χ4n) is 2.39. The van der Waals surface area contributed by atoms with Gasteiger partial charge in [0.25, 0.3) is 0 Å². The molecule has 0 aliphatic carbocycles. The van der Waals surface area contributed by atoms with E-state index < -0.39 is 0 Å². The van der Waals surface area contributed by atoms with E-state index in [1.807, 2.05) is 55.5 Å². The second-order valence-corrected chi connectivity index (χ2v) is 4.76. The van der Waals surface area contributed by atoms with Crippen molar-refractivity contribution in [2.45, 2.75) is 13.5 Å². The van der Waals surface area contributed by atoms with Gasteiger partial charge in [0.15, 0.2) is 6.29 Å². The lowest BCUT2D eigenvalue weighted by molar-refractivity contribution is 0.112. The van der Waals surface area contributed by atoms with Gasteiger partial charge in [0.2, 0.25) is 5.88 Å². The van der Waals surface area contributed by atoms with Crippen molar-refractivity contribution < 1.29 is 9.53 Å². The second kappa shape index (κ2) is 5.21. The van der Waals surface area contributed by atoms with E-state index in [0.29, 0.717) is 18.1 Å². The van der Waals surface area contributed by atoms with Crippen LogP contribution in [0.3, 0.4) is 0 Å². The maximum absolute atomic E-state index is 11.4. The monoisotopic (exact) mass is 265 g/mol. The zero-order valence-corrected chi connectivity index (χ0v) is 11.2. The van der Waals surface area contributed by atoms with Gasteiger partial charge in [-0.3, -0.25) is 4.79 Å². The molecule has 20 heavy (non-hydrogen) atoms. The van der Waals surface area contributed by atoms with Crippen LogP contribution < -0.4 is 4.74 Å². The minimum atomic E-state index is 0.438. The number of aromatic amines is 1. The third kappa shape index (κ3) is 2.18. The second-order valence-electron chi connectivity index (χ2n) is 4.76. The van der Waals surface area contributed by atoms with Crippen molar-refractivity contribution in [2.75, 3.05) is 0 Å². The number of H-pyrrole nitrogens is 1. The van der Waals surface area contributed by atoms with Crippen LogP contribution in [0.15, 0.2) is 48.5 Å². The van der Waals surface area contributed by atoms with Gasteiger partial charge in [0, 0.05) is 10.9 Å². The van der Waals surface area contributed by atoms with Crippen molar-refractivity contribution in [3.05, 3.63) is 65.2 Å². The number of carbonyl (C=O) groups is 1. The van der Waals surface area contributed by atoms with E-state index in [2.05, 4.69) is 4.98 Å². The Kier molecular flexibility index (Phi) is 3.25. The number of aryl methyl sites for hydroxylation is 1. The first-order valence-electron chi connectivity index (χ1n) is 6.53. The van der Waals surface area contributed by atoms with Gasteiger partial charge >= 0.3 is 0 Å². The van der Waals surface area contributed by atoms with Crippen LogP contribution in [0.2, 0.25) is 0 Å². The average molecular weight is 265 g/mol. The highest BCUT2D eigenvalue weighted by Crippen LogP contribution is 2.29. The van der Waals surface area contributed by atoms with Gasteiger partial charge in [0.1, 0.15) is 6.61 Å². The Hall–Kier alpha value is -2.55. The molecule has 3 heteroatoms. The Labute approximate surface area is 117 Å². The molecule has 2 aromatic carbocycles. The Morgan fingerprint density at radius 1 is 1.10 bits per heavy atom. The molecule has 0 aliphatic heterocycles. The standard InChI is InChI=1S/C17H15NO2/c1-12-6-5-9-15-16(12)14(10-19)17(18-15)20-11-13-7-3-2-4-8-13/h2-10,18H,11H2,1H3. The summed E-state index contributed by atoms with van der Waals surface area (Å²) < 4.78 is 5.77. The lowest BCUT2D eigenvalue weighted by Crippen LogP contribution is -1.97. The van der Waals surface area contributed by atoms with E-state index in [-0.39, 0.29) is 0 Å². The predicted octanol–water partition coefficient (Wildman–Crippen LogP) is 3.87. The quantitative estimate of drug-likeness (QED) is 0.728. The first-order valence-corrected chi connectivity index (χ1v) is 6.53. The zero-order valence-electron chi connectivity index (χ0n) is 11.2. The minimum absolute atomic E-state index is 0.438. The number of rotatable bonds is 4. The van der Waals surface area contributed by atoms with Crippen LogP contribution in [0.1, 0.15) is 21.5 Å². The summed E-state index contributed by atoms with van der Waals surface area (Å²) in [5.74, 6) is 0.535. The summed E-state index contributed by atoms with van der Waals surface area (Å²) in [4.78, 5) is 14.5. The van der Waals surface area contributed by atoms with Crippen LogP contribution in [0.4, 0.5) is 0 Å². The van der Waals surface area contributed by atoms with E-state index >= 15 is 0 Å². The van der Waals surface area contributed by atoms with Crippen molar-refractivity contribution in [1.29, 1.82) is 0 Å². The summed E-state index contributed by atoms with van der Waals surface area (Å²) in [7, 11) is 0. The van der Waals surface area contributed by atoms with E-state index in [1.165, 1.54) is 0 Å². The van der Waals surface area contributed by atoms with Crippen LogP contribution in [-0.2, 0) is 6.61 Å². The molecule has 3 aromatic rings. The molecular formula is C17H15NO2. The third-order valence-electron chi connectivity index (χ3n) is 3.38. The van der Waals surface area contributed by atoms with Crippen molar-refractivity contribution >= 4 is 17.2 Å².